The summed E-state index contributed by atoms with van der Waals surface area (Å²) in [6, 6.07) is 16.0. The van der Waals surface area contributed by atoms with Crippen LogP contribution in [-0.2, 0) is 17.6 Å². The van der Waals surface area contributed by atoms with Crippen LogP contribution in [0.25, 0.3) is 0 Å². The summed E-state index contributed by atoms with van der Waals surface area (Å²) in [5, 5.41) is 3.83. The van der Waals surface area contributed by atoms with Gasteiger partial charge in [-0.15, -0.1) is 0 Å². The molecule has 1 aliphatic carbocycles. The lowest BCUT2D eigenvalue weighted by Crippen LogP contribution is -2.32. The molecule has 1 N–H and O–H groups in total. The second kappa shape index (κ2) is 6.31. The molecule has 3 rings (SSSR count). The zero-order valence-corrected chi connectivity index (χ0v) is 12.6. The van der Waals surface area contributed by atoms with Gasteiger partial charge in [0.05, 0.1) is 12.5 Å². The van der Waals surface area contributed by atoms with E-state index in [-0.39, 0.29) is 11.9 Å². The SMILES string of the molecule is O=C(Cc1cccc(Cl)c1)N[C@H]1CCCc2ccccc21. The van der Waals surface area contributed by atoms with Crippen LogP contribution in [-0.4, -0.2) is 5.91 Å². The summed E-state index contributed by atoms with van der Waals surface area (Å²) in [5.41, 5.74) is 3.57. The number of rotatable bonds is 3. The summed E-state index contributed by atoms with van der Waals surface area (Å²) in [6.07, 6.45) is 3.62. The third-order valence-corrected chi connectivity index (χ3v) is 4.19. The quantitative estimate of drug-likeness (QED) is 0.909. The maximum absolute atomic E-state index is 12.2. The molecule has 0 aromatic heterocycles. The number of carbonyl (C=O) groups excluding carboxylic acids is 1. The topological polar surface area (TPSA) is 29.1 Å². The van der Waals surface area contributed by atoms with Crippen molar-refractivity contribution in [2.45, 2.75) is 31.7 Å². The average molecular weight is 300 g/mol. The van der Waals surface area contributed by atoms with E-state index in [1.165, 1.54) is 11.1 Å². The molecular formula is C18H18ClNO. The van der Waals surface area contributed by atoms with Crippen LogP contribution in [0.5, 0.6) is 0 Å². The first kappa shape index (κ1) is 14.2. The van der Waals surface area contributed by atoms with Crippen LogP contribution in [0.4, 0.5) is 0 Å². The van der Waals surface area contributed by atoms with Crippen LogP contribution in [0.3, 0.4) is 0 Å². The lowest BCUT2D eigenvalue weighted by Gasteiger charge is -2.26. The predicted molar refractivity (Wildman–Crippen MR) is 85.4 cm³/mol. The number of carbonyl (C=O) groups is 1. The van der Waals surface area contributed by atoms with Gasteiger partial charge in [0.2, 0.25) is 5.91 Å². The molecule has 1 atom stereocenters. The minimum absolute atomic E-state index is 0.0546. The molecule has 1 amide bonds. The van der Waals surface area contributed by atoms with E-state index >= 15 is 0 Å². The summed E-state index contributed by atoms with van der Waals surface area (Å²) in [6.45, 7) is 0. The molecule has 108 valence electrons. The number of hydrogen-bond donors (Lipinski definition) is 1. The number of amides is 1. The van der Waals surface area contributed by atoms with Crippen molar-refractivity contribution in [3.63, 3.8) is 0 Å². The van der Waals surface area contributed by atoms with E-state index in [0.29, 0.717) is 11.4 Å². The number of halogens is 1. The first-order chi connectivity index (χ1) is 10.2. The number of hydrogen-bond acceptors (Lipinski definition) is 1. The molecule has 2 nitrogen and oxygen atoms in total. The van der Waals surface area contributed by atoms with Gasteiger partial charge in [0.25, 0.3) is 0 Å². The molecule has 2 aromatic carbocycles. The molecule has 0 bridgehead atoms. The Morgan fingerprint density at radius 1 is 1.19 bits per heavy atom. The Kier molecular flexibility index (Phi) is 4.26. The summed E-state index contributed by atoms with van der Waals surface area (Å²) in [5.74, 6) is 0.0546. The summed E-state index contributed by atoms with van der Waals surface area (Å²) >= 11 is 5.96. The van der Waals surface area contributed by atoms with Crippen molar-refractivity contribution < 1.29 is 4.79 Å². The van der Waals surface area contributed by atoms with Gasteiger partial charge in [-0.1, -0.05) is 48.0 Å². The van der Waals surface area contributed by atoms with Crippen molar-refractivity contribution in [3.05, 3.63) is 70.2 Å². The fourth-order valence-corrected chi connectivity index (χ4v) is 3.19. The van der Waals surface area contributed by atoms with Crippen molar-refractivity contribution in [1.29, 1.82) is 0 Å². The van der Waals surface area contributed by atoms with Gasteiger partial charge in [-0.05, 0) is 48.1 Å². The second-order valence-electron chi connectivity index (χ2n) is 5.52. The van der Waals surface area contributed by atoms with E-state index in [0.717, 1.165) is 24.8 Å². The van der Waals surface area contributed by atoms with Crippen molar-refractivity contribution in [3.8, 4) is 0 Å². The Balaban J connectivity index is 1.68. The molecule has 0 aliphatic heterocycles. The fraction of sp³-hybridized carbons (Fsp3) is 0.278. The van der Waals surface area contributed by atoms with Crippen molar-refractivity contribution in [2.24, 2.45) is 0 Å². The third-order valence-electron chi connectivity index (χ3n) is 3.96. The van der Waals surface area contributed by atoms with Crippen molar-refractivity contribution >= 4 is 17.5 Å². The molecule has 0 unspecified atom stereocenters. The standard InChI is InChI=1S/C18H18ClNO/c19-15-8-3-5-13(11-15)12-18(21)20-17-10-4-7-14-6-1-2-9-16(14)17/h1-3,5-6,8-9,11,17H,4,7,10,12H2,(H,20,21)/t17-/m0/s1. The molecule has 0 heterocycles. The van der Waals surface area contributed by atoms with Crippen molar-refractivity contribution in [2.75, 3.05) is 0 Å². The van der Waals surface area contributed by atoms with E-state index in [4.69, 9.17) is 11.6 Å². The lowest BCUT2D eigenvalue weighted by molar-refractivity contribution is -0.121. The highest BCUT2D eigenvalue weighted by Gasteiger charge is 2.21. The van der Waals surface area contributed by atoms with Gasteiger partial charge in [-0.25, -0.2) is 0 Å². The molecule has 2 aromatic rings. The largest absolute Gasteiger partial charge is 0.349 e. The van der Waals surface area contributed by atoms with E-state index in [9.17, 15) is 4.79 Å². The Bertz CT molecular complexity index is 653. The van der Waals surface area contributed by atoms with Gasteiger partial charge in [0.15, 0.2) is 0 Å². The van der Waals surface area contributed by atoms with E-state index < -0.39 is 0 Å². The number of fused-ring (bicyclic) bond motifs is 1. The summed E-state index contributed by atoms with van der Waals surface area (Å²) < 4.78 is 0. The molecule has 1 aliphatic rings. The number of benzene rings is 2. The van der Waals surface area contributed by atoms with Crippen LogP contribution in [0, 0.1) is 0 Å². The van der Waals surface area contributed by atoms with E-state index in [1.807, 2.05) is 30.3 Å². The molecule has 3 heteroatoms. The fourth-order valence-electron chi connectivity index (χ4n) is 2.98. The molecular weight excluding hydrogens is 282 g/mol. The Morgan fingerprint density at radius 2 is 2.05 bits per heavy atom. The summed E-state index contributed by atoms with van der Waals surface area (Å²) in [4.78, 5) is 12.2. The maximum Gasteiger partial charge on any atom is 0.224 e. The third kappa shape index (κ3) is 3.45. The van der Waals surface area contributed by atoms with Gasteiger partial charge in [0, 0.05) is 5.02 Å². The first-order valence-corrected chi connectivity index (χ1v) is 7.72. The Labute approximate surface area is 130 Å². The molecule has 0 saturated carbocycles. The molecule has 0 radical (unpaired) electrons. The zero-order chi connectivity index (χ0) is 14.7. The zero-order valence-electron chi connectivity index (χ0n) is 11.8. The number of aryl methyl sites for hydroxylation is 1. The van der Waals surface area contributed by atoms with E-state index in [2.05, 4.69) is 23.5 Å². The Morgan fingerprint density at radius 3 is 2.90 bits per heavy atom. The second-order valence-corrected chi connectivity index (χ2v) is 5.95. The highest BCUT2D eigenvalue weighted by atomic mass is 35.5. The summed E-state index contributed by atoms with van der Waals surface area (Å²) in [7, 11) is 0. The molecule has 0 saturated heterocycles. The van der Waals surface area contributed by atoms with Crippen LogP contribution in [0.2, 0.25) is 5.02 Å². The van der Waals surface area contributed by atoms with Crippen molar-refractivity contribution in [1.82, 2.24) is 5.32 Å². The van der Waals surface area contributed by atoms with Crippen LogP contribution >= 0.6 is 11.6 Å². The minimum atomic E-state index is 0.0546. The normalized spacial score (nSPS) is 17.1. The molecule has 0 spiro atoms. The lowest BCUT2D eigenvalue weighted by atomic mass is 9.87. The molecule has 0 fully saturated rings. The van der Waals surface area contributed by atoms with Gasteiger partial charge in [0.1, 0.15) is 0 Å². The predicted octanol–water partition coefficient (Wildman–Crippen LogP) is 4.08. The van der Waals surface area contributed by atoms with Gasteiger partial charge < -0.3 is 5.32 Å². The van der Waals surface area contributed by atoms with Crippen LogP contribution in [0.1, 0.15) is 35.6 Å². The van der Waals surface area contributed by atoms with Gasteiger partial charge in [-0.3, -0.25) is 4.79 Å². The Hall–Kier alpha value is -1.80. The van der Waals surface area contributed by atoms with Gasteiger partial charge >= 0.3 is 0 Å². The minimum Gasteiger partial charge on any atom is -0.349 e. The highest BCUT2D eigenvalue weighted by Crippen LogP contribution is 2.29. The maximum atomic E-state index is 12.2. The van der Waals surface area contributed by atoms with Crippen LogP contribution < -0.4 is 5.32 Å². The molecule has 21 heavy (non-hydrogen) atoms. The van der Waals surface area contributed by atoms with Gasteiger partial charge in [-0.2, -0.15) is 0 Å². The monoisotopic (exact) mass is 299 g/mol. The van der Waals surface area contributed by atoms with Crippen LogP contribution in [0.15, 0.2) is 48.5 Å². The average Bonchev–Trinajstić information content (AvgIpc) is 2.47. The number of nitrogens with one attached hydrogen (secondary N) is 1. The highest BCUT2D eigenvalue weighted by molar-refractivity contribution is 6.30. The van der Waals surface area contributed by atoms with E-state index in [1.54, 1.807) is 0 Å². The first-order valence-electron chi connectivity index (χ1n) is 7.34. The smallest absolute Gasteiger partial charge is 0.224 e.